The molecule has 0 fully saturated rings. The Bertz CT molecular complexity index is 1040. The number of carbonyl (C=O) groups is 1. The van der Waals surface area contributed by atoms with Crippen LogP contribution in [0.15, 0.2) is 28.9 Å². The third kappa shape index (κ3) is 4.60. The van der Waals surface area contributed by atoms with Crippen molar-refractivity contribution < 1.29 is 23.1 Å². The molecule has 27 heavy (non-hydrogen) atoms. The molecule has 0 bridgehead atoms. The standard InChI is InChI=1S/C16H16N4O5S2/c1-9(2)27(23,24)16-19-15(26-20-16)18-14(22)11(8-17)6-10-4-5-12(21)13(7-10)25-3/h4-7,9,21H,1-3H3,(H,18,19,20,22). The Morgan fingerprint density at radius 3 is 2.74 bits per heavy atom. The zero-order valence-electron chi connectivity index (χ0n) is 14.6. The summed E-state index contributed by atoms with van der Waals surface area (Å²) in [5.41, 5.74) is 0.211. The summed E-state index contributed by atoms with van der Waals surface area (Å²) in [5.74, 6) is -0.659. The molecule has 0 aliphatic heterocycles. The Morgan fingerprint density at radius 1 is 1.44 bits per heavy atom. The van der Waals surface area contributed by atoms with E-state index in [-0.39, 0.29) is 27.4 Å². The lowest BCUT2D eigenvalue weighted by Gasteiger charge is -2.04. The summed E-state index contributed by atoms with van der Waals surface area (Å²) >= 11 is 0.702. The Labute approximate surface area is 160 Å². The fourth-order valence-corrected chi connectivity index (χ4v) is 3.55. The van der Waals surface area contributed by atoms with Crippen molar-refractivity contribution in [3.8, 4) is 17.6 Å². The third-order valence-corrected chi connectivity index (χ3v) is 6.06. The molecular weight excluding hydrogens is 392 g/mol. The zero-order valence-corrected chi connectivity index (χ0v) is 16.3. The van der Waals surface area contributed by atoms with Gasteiger partial charge >= 0.3 is 0 Å². The van der Waals surface area contributed by atoms with Gasteiger partial charge in [-0.1, -0.05) is 6.07 Å². The predicted octanol–water partition coefficient (Wildman–Crippen LogP) is 1.98. The summed E-state index contributed by atoms with van der Waals surface area (Å²) in [5, 5.41) is 20.1. The minimum Gasteiger partial charge on any atom is -0.504 e. The number of hydrogen-bond donors (Lipinski definition) is 2. The van der Waals surface area contributed by atoms with Gasteiger partial charge in [-0.3, -0.25) is 10.1 Å². The average molecular weight is 408 g/mol. The predicted molar refractivity (Wildman–Crippen MR) is 99.1 cm³/mol. The van der Waals surface area contributed by atoms with E-state index >= 15 is 0 Å². The number of hydrogen-bond acceptors (Lipinski definition) is 9. The van der Waals surface area contributed by atoms with Gasteiger partial charge in [0.25, 0.3) is 11.1 Å². The van der Waals surface area contributed by atoms with E-state index in [1.807, 2.05) is 0 Å². The number of nitriles is 1. The van der Waals surface area contributed by atoms with E-state index in [0.29, 0.717) is 17.1 Å². The van der Waals surface area contributed by atoms with Crippen molar-refractivity contribution in [2.75, 3.05) is 12.4 Å². The van der Waals surface area contributed by atoms with Crippen LogP contribution in [0.5, 0.6) is 11.5 Å². The molecule has 0 saturated heterocycles. The van der Waals surface area contributed by atoms with Crippen molar-refractivity contribution >= 4 is 38.5 Å². The van der Waals surface area contributed by atoms with Crippen LogP contribution in [0.4, 0.5) is 5.13 Å². The van der Waals surface area contributed by atoms with Gasteiger partial charge in [-0.15, -0.1) is 0 Å². The van der Waals surface area contributed by atoms with Crippen molar-refractivity contribution in [1.29, 1.82) is 5.26 Å². The zero-order chi connectivity index (χ0) is 20.2. The maximum absolute atomic E-state index is 12.3. The number of phenols is 1. The molecule has 1 aromatic carbocycles. The van der Waals surface area contributed by atoms with Gasteiger partial charge in [0.15, 0.2) is 11.5 Å². The SMILES string of the molecule is COc1cc(C=C(C#N)C(=O)Nc2nc(S(=O)(=O)C(C)C)ns2)ccc1O. The van der Waals surface area contributed by atoms with E-state index in [9.17, 15) is 23.6 Å². The smallest absolute Gasteiger partial charge is 0.268 e. The molecule has 2 rings (SSSR count). The summed E-state index contributed by atoms with van der Waals surface area (Å²) in [6, 6.07) is 6.09. The Kier molecular flexibility index (Phi) is 6.14. The molecule has 0 unspecified atom stereocenters. The Balaban J connectivity index is 2.24. The highest BCUT2D eigenvalue weighted by Crippen LogP contribution is 2.27. The van der Waals surface area contributed by atoms with Crippen molar-refractivity contribution in [2.45, 2.75) is 24.3 Å². The van der Waals surface area contributed by atoms with Crippen molar-refractivity contribution in [3.05, 3.63) is 29.3 Å². The lowest BCUT2D eigenvalue weighted by Crippen LogP contribution is -2.16. The molecule has 1 heterocycles. The molecule has 11 heteroatoms. The van der Waals surface area contributed by atoms with Crippen LogP contribution in [0, 0.1) is 11.3 Å². The fourth-order valence-electron chi connectivity index (χ4n) is 1.85. The third-order valence-electron chi connectivity index (χ3n) is 3.38. The Morgan fingerprint density at radius 2 is 2.15 bits per heavy atom. The van der Waals surface area contributed by atoms with Gasteiger partial charge < -0.3 is 9.84 Å². The molecule has 0 aliphatic rings. The molecule has 1 aromatic heterocycles. The number of aromatic hydroxyl groups is 1. The molecule has 0 radical (unpaired) electrons. The largest absolute Gasteiger partial charge is 0.504 e. The van der Waals surface area contributed by atoms with Crippen LogP contribution in [0.1, 0.15) is 19.4 Å². The lowest BCUT2D eigenvalue weighted by molar-refractivity contribution is -0.112. The van der Waals surface area contributed by atoms with Crippen LogP contribution in [0.25, 0.3) is 6.08 Å². The van der Waals surface area contributed by atoms with Gasteiger partial charge in [0.1, 0.15) is 11.6 Å². The van der Waals surface area contributed by atoms with Gasteiger partial charge in [0.05, 0.1) is 12.4 Å². The number of sulfone groups is 1. The number of rotatable bonds is 6. The van der Waals surface area contributed by atoms with Gasteiger partial charge in [0, 0.05) is 11.5 Å². The van der Waals surface area contributed by atoms with Crippen LogP contribution in [0.3, 0.4) is 0 Å². The second-order valence-electron chi connectivity index (χ2n) is 5.53. The number of amides is 1. The number of carbonyl (C=O) groups excluding carboxylic acids is 1. The first kappa shape index (κ1) is 20.3. The second kappa shape index (κ2) is 8.15. The topological polar surface area (TPSA) is 142 Å². The summed E-state index contributed by atoms with van der Waals surface area (Å²) in [4.78, 5) is 16.1. The molecule has 1 amide bonds. The molecule has 0 atom stereocenters. The molecule has 9 nitrogen and oxygen atoms in total. The Hall–Kier alpha value is -2.97. The normalized spacial score (nSPS) is 11.9. The lowest BCUT2D eigenvalue weighted by atomic mass is 10.1. The fraction of sp³-hybridized carbons (Fsp3) is 0.250. The van der Waals surface area contributed by atoms with Crippen LogP contribution >= 0.6 is 11.5 Å². The van der Waals surface area contributed by atoms with Gasteiger partial charge in [0.2, 0.25) is 15.0 Å². The number of aromatic nitrogens is 2. The summed E-state index contributed by atoms with van der Waals surface area (Å²) in [6.45, 7) is 2.99. The molecule has 142 valence electrons. The van der Waals surface area contributed by atoms with Crippen molar-refractivity contribution in [3.63, 3.8) is 0 Å². The first-order chi connectivity index (χ1) is 12.7. The van der Waals surface area contributed by atoms with E-state index in [1.54, 1.807) is 6.07 Å². The number of phenolic OH excluding ortho intramolecular Hbond substituents is 1. The summed E-state index contributed by atoms with van der Waals surface area (Å²) in [7, 11) is -2.28. The number of ether oxygens (including phenoxy) is 1. The highest BCUT2D eigenvalue weighted by molar-refractivity contribution is 7.91. The van der Waals surface area contributed by atoms with E-state index in [4.69, 9.17) is 4.74 Å². The maximum Gasteiger partial charge on any atom is 0.268 e. The molecule has 0 spiro atoms. The van der Waals surface area contributed by atoms with Gasteiger partial charge in [-0.2, -0.15) is 14.6 Å². The maximum atomic E-state index is 12.3. The molecule has 2 aromatic rings. The number of nitrogens with zero attached hydrogens (tertiary/aromatic N) is 3. The van der Waals surface area contributed by atoms with E-state index in [2.05, 4.69) is 14.7 Å². The highest BCUT2D eigenvalue weighted by atomic mass is 32.2. The first-order valence-electron chi connectivity index (χ1n) is 7.56. The molecule has 2 N–H and O–H groups in total. The van der Waals surface area contributed by atoms with Crippen molar-refractivity contribution in [2.24, 2.45) is 0 Å². The molecule has 0 saturated carbocycles. The summed E-state index contributed by atoms with van der Waals surface area (Å²) in [6.07, 6.45) is 1.30. The van der Waals surface area contributed by atoms with Crippen LogP contribution in [-0.2, 0) is 14.6 Å². The summed E-state index contributed by atoms with van der Waals surface area (Å²) < 4.78 is 32.8. The first-order valence-corrected chi connectivity index (χ1v) is 9.88. The molecule has 0 aliphatic carbocycles. The van der Waals surface area contributed by atoms with Crippen molar-refractivity contribution in [1.82, 2.24) is 9.36 Å². The second-order valence-corrected chi connectivity index (χ2v) is 8.68. The van der Waals surface area contributed by atoms with Crippen LogP contribution in [0.2, 0.25) is 0 Å². The average Bonchev–Trinajstić information content (AvgIpc) is 3.09. The van der Waals surface area contributed by atoms with Gasteiger partial charge in [-0.05, 0) is 37.6 Å². The van der Waals surface area contributed by atoms with E-state index in [0.717, 1.165) is 0 Å². The highest BCUT2D eigenvalue weighted by Gasteiger charge is 2.25. The van der Waals surface area contributed by atoms with Crippen LogP contribution < -0.4 is 10.1 Å². The number of nitrogens with one attached hydrogen (secondary N) is 1. The minimum atomic E-state index is -3.66. The van der Waals surface area contributed by atoms with Crippen LogP contribution in [-0.4, -0.2) is 41.1 Å². The van der Waals surface area contributed by atoms with Gasteiger partial charge in [-0.25, -0.2) is 8.42 Å². The monoisotopic (exact) mass is 408 g/mol. The van der Waals surface area contributed by atoms with E-state index < -0.39 is 21.0 Å². The minimum absolute atomic E-state index is 0.0383. The number of methoxy groups -OCH3 is 1. The molecular formula is C16H16N4O5S2. The number of anilines is 1. The quantitative estimate of drug-likeness (QED) is 0.546. The number of benzene rings is 1. The van der Waals surface area contributed by atoms with E-state index in [1.165, 1.54) is 45.2 Å².